The first-order valence-electron chi connectivity index (χ1n) is 7.31. The number of rotatable bonds is 10. The highest BCUT2D eigenvalue weighted by Gasteiger charge is 2.21. The lowest BCUT2D eigenvalue weighted by Crippen LogP contribution is -2.36. The van der Waals surface area contributed by atoms with Crippen LogP contribution in [0.3, 0.4) is 0 Å². The van der Waals surface area contributed by atoms with Crippen molar-refractivity contribution in [3.63, 3.8) is 0 Å². The maximum atomic E-state index is 12.0. The van der Waals surface area contributed by atoms with Crippen molar-refractivity contribution < 1.29 is 14.3 Å². The fourth-order valence-corrected chi connectivity index (χ4v) is 1.92. The summed E-state index contributed by atoms with van der Waals surface area (Å²) < 4.78 is 10.2. The van der Waals surface area contributed by atoms with Gasteiger partial charge in [-0.1, -0.05) is 37.3 Å². The van der Waals surface area contributed by atoms with Crippen LogP contribution in [0.1, 0.15) is 24.9 Å². The van der Waals surface area contributed by atoms with Crippen LogP contribution in [0.25, 0.3) is 0 Å². The molecule has 2 unspecified atom stereocenters. The van der Waals surface area contributed by atoms with Crippen LogP contribution in [0.5, 0.6) is 0 Å². The number of hydrogen-bond acceptors (Lipinski definition) is 4. The number of ether oxygens (including phenoxy) is 2. The normalized spacial score (nSPS) is 13.0. The molecule has 0 saturated heterocycles. The third-order valence-corrected chi connectivity index (χ3v) is 3.33. The quantitative estimate of drug-likeness (QED) is 0.643. The minimum Gasteiger partial charge on any atom is -0.382 e. The van der Waals surface area contributed by atoms with Gasteiger partial charge in [-0.25, -0.2) is 0 Å². The average molecular weight is 331 g/mol. The average Bonchev–Trinajstić information content (AvgIpc) is 2.53. The van der Waals surface area contributed by atoms with Crippen LogP contribution < -0.4 is 11.1 Å². The Hall–Kier alpha value is -1.14. The van der Waals surface area contributed by atoms with Crippen molar-refractivity contribution in [1.29, 1.82) is 0 Å². The van der Waals surface area contributed by atoms with Crippen molar-refractivity contribution in [2.45, 2.75) is 19.4 Å². The Balaban J connectivity index is 0.00000441. The molecule has 3 N–H and O–H groups in total. The molecule has 0 heterocycles. The highest BCUT2D eigenvalue weighted by atomic mass is 35.5. The predicted molar refractivity (Wildman–Crippen MR) is 90.1 cm³/mol. The lowest BCUT2D eigenvalue weighted by Gasteiger charge is -2.19. The first kappa shape index (κ1) is 20.9. The largest absolute Gasteiger partial charge is 0.382 e. The molecule has 1 aromatic rings. The van der Waals surface area contributed by atoms with Crippen LogP contribution in [0.2, 0.25) is 0 Å². The van der Waals surface area contributed by atoms with Crippen molar-refractivity contribution >= 4 is 18.3 Å². The fourth-order valence-electron chi connectivity index (χ4n) is 1.92. The van der Waals surface area contributed by atoms with Gasteiger partial charge in [0.2, 0.25) is 5.91 Å². The smallest absolute Gasteiger partial charge is 0.224 e. The molecule has 0 aliphatic carbocycles. The summed E-state index contributed by atoms with van der Waals surface area (Å²) in [7, 11) is 1.64. The van der Waals surface area contributed by atoms with E-state index in [4.69, 9.17) is 15.2 Å². The van der Waals surface area contributed by atoms with E-state index in [0.29, 0.717) is 26.4 Å². The summed E-state index contributed by atoms with van der Waals surface area (Å²) in [6, 6.07) is 9.39. The Morgan fingerprint density at radius 3 is 2.55 bits per heavy atom. The molecular weight excluding hydrogens is 304 g/mol. The molecule has 126 valence electrons. The van der Waals surface area contributed by atoms with Gasteiger partial charge in [0.15, 0.2) is 0 Å². The van der Waals surface area contributed by atoms with Crippen molar-refractivity contribution in [2.75, 3.05) is 33.5 Å². The molecule has 0 saturated carbocycles. The second-order valence-corrected chi connectivity index (χ2v) is 4.97. The number of carbonyl (C=O) groups is 1. The van der Waals surface area contributed by atoms with Gasteiger partial charge >= 0.3 is 0 Å². The summed E-state index contributed by atoms with van der Waals surface area (Å²) >= 11 is 0. The third-order valence-electron chi connectivity index (χ3n) is 3.33. The number of nitrogens with two attached hydrogens (primary N) is 1. The number of nitrogens with one attached hydrogen (secondary N) is 1. The Labute approximate surface area is 139 Å². The first-order chi connectivity index (χ1) is 10.2. The first-order valence-corrected chi connectivity index (χ1v) is 7.31. The molecule has 1 aromatic carbocycles. The number of hydrogen-bond donors (Lipinski definition) is 2. The number of methoxy groups -OCH3 is 1. The van der Waals surface area contributed by atoms with Crippen molar-refractivity contribution in [1.82, 2.24) is 5.32 Å². The molecule has 0 aliphatic heterocycles. The van der Waals surface area contributed by atoms with E-state index in [9.17, 15) is 4.79 Å². The van der Waals surface area contributed by atoms with Gasteiger partial charge in [0, 0.05) is 26.3 Å². The van der Waals surface area contributed by atoms with Gasteiger partial charge in [-0.2, -0.15) is 0 Å². The lowest BCUT2D eigenvalue weighted by atomic mass is 9.95. The molecule has 0 fully saturated rings. The maximum Gasteiger partial charge on any atom is 0.224 e. The van der Waals surface area contributed by atoms with Crippen molar-refractivity contribution in [3.05, 3.63) is 35.9 Å². The second-order valence-electron chi connectivity index (χ2n) is 4.97. The molecule has 1 rings (SSSR count). The number of halogens is 1. The lowest BCUT2D eigenvalue weighted by molar-refractivity contribution is -0.125. The highest BCUT2D eigenvalue weighted by Crippen LogP contribution is 2.18. The molecule has 22 heavy (non-hydrogen) atoms. The zero-order valence-electron chi connectivity index (χ0n) is 13.3. The Morgan fingerprint density at radius 2 is 1.91 bits per heavy atom. The van der Waals surface area contributed by atoms with Crippen LogP contribution in [0, 0.1) is 5.92 Å². The van der Waals surface area contributed by atoms with Gasteiger partial charge in [-0.15, -0.1) is 12.4 Å². The molecule has 6 heteroatoms. The van der Waals surface area contributed by atoms with Crippen LogP contribution in [-0.4, -0.2) is 39.4 Å². The van der Waals surface area contributed by atoms with Gasteiger partial charge < -0.3 is 20.5 Å². The molecule has 0 aliphatic rings. The summed E-state index contributed by atoms with van der Waals surface area (Å²) in [6.45, 7) is 4.23. The SMILES string of the molecule is COCCOCCCNC(=O)C(C)C(N)c1ccccc1.Cl. The highest BCUT2D eigenvalue weighted by molar-refractivity contribution is 5.85. The molecular formula is C16H27ClN2O3. The number of amides is 1. The van der Waals surface area contributed by atoms with E-state index in [-0.39, 0.29) is 30.3 Å². The van der Waals surface area contributed by atoms with E-state index in [1.165, 1.54) is 0 Å². The van der Waals surface area contributed by atoms with Crippen LogP contribution in [0.4, 0.5) is 0 Å². The van der Waals surface area contributed by atoms with E-state index in [1.807, 2.05) is 37.3 Å². The second kappa shape index (κ2) is 12.4. The van der Waals surface area contributed by atoms with E-state index in [1.54, 1.807) is 7.11 Å². The minimum absolute atomic E-state index is 0. The van der Waals surface area contributed by atoms with E-state index >= 15 is 0 Å². The molecule has 5 nitrogen and oxygen atoms in total. The Bertz CT molecular complexity index is 404. The summed E-state index contributed by atoms with van der Waals surface area (Å²) in [5.74, 6) is -0.287. The number of benzene rings is 1. The summed E-state index contributed by atoms with van der Waals surface area (Å²) in [5.41, 5.74) is 7.10. The van der Waals surface area contributed by atoms with E-state index in [2.05, 4.69) is 5.32 Å². The molecule has 2 atom stereocenters. The fraction of sp³-hybridized carbons (Fsp3) is 0.562. The van der Waals surface area contributed by atoms with Crippen molar-refractivity contribution in [2.24, 2.45) is 11.7 Å². The standard InChI is InChI=1S/C16H26N2O3.ClH/c1-13(15(17)14-7-4-3-5-8-14)16(19)18-9-6-10-21-12-11-20-2;/h3-5,7-8,13,15H,6,9-12,17H2,1-2H3,(H,18,19);1H. The van der Waals surface area contributed by atoms with Crippen LogP contribution >= 0.6 is 12.4 Å². The minimum atomic E-state index is -0.288. The predicted octanol–water partition coefficient (Wildman–Crippen LogP) is 1.91. The zero-order valence-corrected chi connectivity index (χ0v) is 14.1. The summed E-state index contributed by atoms with van der Waals surface area (Å²) in [6.07, 6.45) is 0.781. The molecule has 0 bridgehead atoms. The van der Waals surface area contributed by atoms with E-state index in [0.717, 1.165) is 12.0 Å². The molecule has 0 aromatic heterocycles. The zero-order chi connectivity index (χ0) is 15.5. The molecule has 0 radical (unpaired) electrons. The van der Waals surface area contributed by atoms with Crippen LogP contribution in [0.15, 0.2) is 30.3 Å². The summed E-state index contributed by atoms with van der Waals surface area (Å²) in [5, 5.41) is 2.89. The Morgan fingerprint density at radius 1 is 1.23 bits per heavy atom. The monoisotopic (exact) mass is 330 g/mol. The van der Waals surface area contributed by atoms with Gasteiger partial charge in [-0.3, -0.25) is 4.79 Å². The Kier molecular flexibility index (Phi) is 11.8. The van der Waals surface area contributed by atoms with Gasteiger partial charge in [0.1, 0.15) is 0 Å². The topological polar surface area (TPSA) is 73.6 Å². The number of carbonyl (C=O) groups excluding carboxylic acids is 1. The van der Waals surface area contributed by atoms with Crippen molar-refractivity contribution in [3.8, 4) is 0 Å². The van der Waals surface area contributed by atoms with Gasteiger partial charge in [0.05, 0.1) is 19.1 Å². The molecule has 1 amide bonds. The van der Waals surface area contributed by atoms with E-state index < -0.39 is 0 Å². The van der Waals surface area contributed by atoms with Gasteiger partial charge in [0.25, 0.3) is 0 Å². The summed E-state index contributed by atoms with van der Waals surface area (Å²) in [4.78, 5) is 12.0. The maximum absolute atomic E-state index is 12.0. The third kappa shape index (κ3) is 7.75. The molecule has 0 spiro atoms. The van der Waals surface area contributed by atoms with Crippen LogP contribution in [-0.2, 0) is 14.3 Å². The van der Waals surface area contributed by atoms with Gasteiger partial charge in [-0.05, 0) is 12.0 Å².